The molecule has 0 aromatic carbocycles. The Morgan fingerprint density at radius 1 is 1.44 bits per heavy atom. The van der Waals surface area contributed by atoms with Crippen LogP contribution in [0.15, 0.2) is 0 Å². The van der Waals surface area contributed by atoms with Crippen LogP contribution < -0.4 is 11.1 Å². The van der Waals surface area contributed by atoms with Gasteiger partial charge in [0.05, 0.1) is 10.9 Å². The number of ether oxygens (including phenoxy) is 1. The van der Waals surface area contributed by atoms with Crippen molar-refractivity contribution in [1.82, 2.24) is 5.32 Å². The highest BCUT2D eigenvalue weighted by Crippen LogP contribution is 2.03. The molecule has 0 aliphatic carbocycles. The summed E-state index contributed by atoms with van der Waals surface area (Å²) in [6.45, 7) is 3.36. The van der Waals surface area contributed by atoms with Crippen LogP contribution >= 0.6 is 12.2 Å². The van der Waals surface area contributed by atoms with Gasteiger partial charge in [-0.2, -0.15) is 0 Å². The van der Waals surface area contributed by atoms with Crippen molar-refractivity contribution in [2.45, 2.75) is 32.6 Å². The fraction of sp³-hybridized carbons (Fsp3) is 0.818. The number of carbonyl (C=O) groups is 1. The lowest BCUT2D eigenvalue weighted by Crippen LogP contribution is -2.37. The molecule has 94 valence electrons. The second kappa shape index (κ2) is 9.54. The molecule has 4 nitrogen and oxygen atoms in total. The summed E-state index contributed by atoms with van der Waals surface area (Å²) >= 11 is 4.83. The van der Waals surface area contributed by atoms with Gasteiger partial charge in [0.15, 0.2) is 0 Å². The van der Waals surface area contributed by atoms with Gasteiger partial charge in [-0.15, -0.1) is 0 Å². The minimum absolute atomic E-state index is 0.0539. The van der Waals surface area contributed by atoms with Crippen molar-refractivity contribution < 1.29 is 9.53 Å². The van der Waals surface area contributed by atoms with Crippen molar-refractivity contribution >= 4 is 23.1 Å². The average molecular weight is 246 g/mol. The van der Waals surface area contributed by atoms with Crippen molar-refractivity contribution in [3.8, 4) is 0 Å². The van der Waals surface area contributed by atoms with Crippen LogP contribution in [0.2, 0.25) is 0 Å². The Morgan fingerprint density at radius 3 is 2.62 bits per heavy atom. The molecule has 0 spiro atoms. The normalized spacial score (nSPS) is 12.1. The van der Waals surface area contributed by atoms with Crippen molar-refractivity contribution in [2.75, 3.05) is 20.3 Å². The summed E-state index contributed by atoms with van der Waals surface area (Å²) in [7, 11) is 1.69. The zero-order valence-electron chi connectivity index (χ0n) is 10.1. The summed E-state index contributed by atoms with van der Waals surface area (Å²) in [6, 6.07) is 0. The fourth-order valence-corrected chi connectivity index (χ4v) is 1.67. The van der Waals surface area contributed by atoms with Crippen LogP contribution in [0.3, 0.4) is 0 Å². The lowest BCUT2D eigenvalue weighted by molar-refractivity contribution is -0.123. The van der Waals surface area contributed by atoms with Gasteiger partial charge in [-0.05, 0) is 25.7 Å². The Hall–Kier alpha value is -0.680. The molecule has 3 N–H and O–H groups in total. The minimum Gasteiger partial charge on any atom is -0.393 e. The summed E-state index contributed by atoms with van der Waals surface area (Å²) in [5, 5.41) is 2.84. The second-order valence-electron chi connectivity index (χ2n) is 3.71. The first-order valence-electron chi connectivity index (χ1n) is 5.69. The van der Waals surface area contributed by atoms with Crippen molar-refractivity contribution in [2.24, 2.45) is 11.7 Å². The zero-order chi connectivity index (χ0) is 12.4. The first-order chi connectivity index (χ1) is 7.63. The highest BCUT2D eigenvalue weighted by atomic mass is 32.1. The summed E-state index contributed by atoms with van der Waals surface area (Å²) < 4.78 is 4.94. The Labute approximate surface area is 103 Å². The third kappa shape index (κ3) is 6.74. The van der Waals surface area contributed by atoms with E-state index in [4.69, 9.17) is 22.7 Å². The molecule has 5 heteroatoms. The van der Waals surface area contributed by atoms with Crippen molar-refractivity contribution in [3.05, 3.63) is 0 Å². The van der Waals surface area contributed by atoms with Crippen LogP contribution in [0.5, 0.6) is 0 Å². The molecule has 0 fully saturated rings. The van der Waals surface area contributed by atoms with Crippen LogP contribution in [0, 0.1) is 5.92 Å². The molecule has 0 bridgehead atoms. The van der Waals surface area contributed by atoms with E-state index in [9.17, 15) is 4.79 Å². The summed E-state index contributed by atoms with van der Waals surface area (Å²) in [6.07, 6.45) is 3.70. The number of nitrogens with two attached hydrogens (primary N) is 1. The monoisotopic (exact) mass is 246 g/mol. The smallest absolute Gasteiger partial charge is 0.229 e. The molecule has 1 unspecified atom stereocenters. The first kappa shape index (κ1) is 15.3. The van der Waals surface area contributed by atoms with E-state index in [2.05, 4.69) is 5.32 Å². The second-order valence-corrected chi connectivity index (χ2v) is 4.18. The molecule has 1 amide bonds. The van der Waals surface area contributed by atoms with E-state index in [1.165, 1.54) is 0 Å². The highest BCUT2D eigenvalue weighted by Gasteiger charge is 2.18. The van der Waals surface area contributed by atoms with Gasteiger partial charge in [-0.1, -0.05) is 19.1 Å². The molecular formula is C11H22N2O2S. The molecule has 0 radical (unpaired) electrons. The number of methoxy groups -OCH3 is 1. The molecular weight excluding hydrogens is 224 g/mol. The molecule has 0 saturated carbocycles. The van der Waals surface area contributed by atoms with Crippen molar-refractivity contribution in [3.63, 3.8) is 0 Å². The van der Waals surface area contributed by atoms with E-state index in [0.29, 0.717) is 13.0 Å². The van der Waals surface area contributed by atoms with Crippen molar-refractivity contribution in [1.29, 1.82) is 0 Å². The van der Waals surface area contributed by atoms with Gasteiger partial charge in [0.25, 0.3) is 0 Å². The maximum atomic E-state index is 11.6. The van der Waals surface area contributed by atoms with E-state index in [1.807, 2.05) is 6.92 Å². The quantitative estimate of drug-likeness (QED) is 0.474. The number of hydrogen-bond acceptors (Lipinski definition) is 3. The Morgan fingerprint density at radius 2 is 2.12 bits per heavy atom. The molecule has 0 saturated heterocycles. The van der Waals surface area contributed by atoms with Crippen LogP contribution in [0.1, 0.15) is 32.6 Å². The van der Waals surface area contributed by atoms with Crippen LogP contribution in [-0.2, 0) is 9.53 Å². The summed E-state index contributed by atoms with van der Waals surface area (Å²) in [4.78, 5) is 11.9. The first-order valence-corrected chi connectivity index (χ1v) is 6.10. The molecule has 1 atom stereocenters. The average Bonchev–Trinajstić information content (AvgIpc) is 2.23. The third-order valence-corrected chi connectivity index (χ3v) is 2.68. The fourth-order valence-electron chi connectivity index (χ4n) is 1.40. The van der Waals surface area contributed by atoms with Gasteiger partial charge in [-0.25, -0.2) is 0 Å². The maximum absolute atomic E-state index is 11.6. The third-order valence-electron chi connectivity index (χ3n) is 2.39. The van der Waals surface area contributed by atoms with Crippen LogP contribution in [-0.4, -0.2) is 31.2 Å². The number of carbonyl (C=O) groups excluding carboxylic acids is 1. The lowest BCUT2D eigenvalue weighted by Gasteiger charge is -2.13. The molecule has 0 aromatic rings. The van der Waals surface area contributed by atoms with Crippen LogP contribution in [0.25, 0.3) is 0 Å². The van der Waals surface area contributed by atoms with E-state index >= 15 is 0 Å². The largest absolute Gasteiger partial charge is 0.393 e. The maximum Gasteiger partial charge on any atom is 0.229 e. The summed E-state index contributed by atoms with van der Waals surface area (Å²) in [5.41, 5.74) is 5.47. The molecule has 16 heavy (non-hydrogen) atoms. The van der Waals surface area contributed by atoms with Crippen LogP contribution in [0.4, 0.5) is 0 Å². The van der Waals surface area contributed by atoms with Gasteiger partial charge in [0.1, 0.15) is 0 Å². The molecule has 0 aromatic heterocycles. The zero-order valence-corrected chi connectivity index (χ0v) is 10.9. The topological polar surface area (TPSA) is 64.3 Å². The molecule has 0 heterocycles. The van der Waals surface area contributed by atoms with Gasteiger partial charge >= 0.3 is 0 Å². The van der Waals surface area contributed by atoms with E-state index in [1.54, 1.807) is 7.11 Å². The van der Waals surface area contributed by atoms with Gasteiger partial charge in [0.2, 0.25) is 5.91 Å². The number of amides is 1. The predicted molar refractivity (Wildman–Crippen MR) is 69.3 cm³/mol. The Balaban J connectivity index is 3.60. The molecule has 0 aliphatic heterocycles. The number of unbranched alkanes of at least 4 members (excludes halogenated alkanes) is 2. The number of rotatable bonds is 9. The number of thiocarbonyl (C=S) groups is 1. The minimum atomic E-state index is -0.325. The van der Waals surface area contributed by atoms with E-state index in [0.717, 1.165) is 25.9 Å². The van der Waals surface area contributed by atoms with Gasteiger partial charge in [0, 0.05) is 20.3 Å². The molecule has 0 aliphatic rings. The standard InChI is InChI=1S/C11H22N2O2S/c1-3-9(10(12)16)11(14)13-7-5-4-6-8-15-2/h9H,3-8H2,1-2H3,(H2,12,16)(H,13,14). The number of nitrogens with one attached hydrogen (secondary N) is 1. The van der Waals surface area contributed by atoms with E-state index < -0.39 is 0 Å². The predicted octanol–water partition coefficient (Wildman–Crippen LogP) is 1.23. The Kier molecular flexibility index (Phi) is 9.13. The molecule has 0 rings (SSSR count). The lowest BCUT2D eigenvalue weighted by atomic mass is 10.1. The SMILES string of the molecule is CCC(C(=O)NCCCCCOC)C(N)=S. The highest BCUT2D eigenvalue weighted by molar-refractivity contribution is 7.80. The summed E-state index contributed by atoms with van der Waals surface area (Å²) in [5.74, 6) is -0.379. The van der Waals surface area contributed by atoms with E-state index in [-0.39, 0.29) is 16.8 Å². The number of hydrogen-bond donors (Lipinski definition) is 2. The van der Waals surface area contributed by atoms with Gasteiger partial charge in [-0.3, -0.25) is 4.79 Å². The van der Waals surface area contributed by atoms with Gasteiger partial charge < -0.3 is 15.8 Å². The Bertz CT molecular complexity index is 222.